The molecule has 1 unspecified atom stereocenters. The second-order valence-corrected chi connectivity index (χ2v) is 7.47. The molecule has 0 radical (unpaired) electrons. The Bertz CT molecular complexity index is 858. The zero-order valence-corrected chi connectivity index (χ0v) is 16.5. The lowest BCUT2D eigenvalue weighted by atomic mass is 10.1. The maximum atomic E-state index is 13.8. The van der Waals surface area contributed by atoms with Gasteiger partial charge in [0.2, 0.25) is 11.9 Å². The number of hydrogen-bond acceptors (Lipinski definition) is 4. The summed E-state index contributed by atoms with van der Waals surface area (Å²) in [4.78, 5) is 20.8. The molecule has 3 rings (SSSR count). The van der Waals surface area contributed by atoms with Gasteiger partial charge in [0.05, 0.1) is 17.6 Å². The Balaban J connectivity index is 1.83. The summed E-state index contributed by atoms with van der Waals surface area (Å²) in [5.41, 5.74) is 3.48. The molecule has 6 nitrogen and oxygen atoms in total. The highest BCUT2D eigenvalue weighted by Crippen LogP contribution is 2.28. The van der Waals surface area contributed by atoms with E-state index in [9.17, 15) is 9.18 Å². The number of benzene rings is 1. The molecular formula is C20H28FN5O. The van der Waals surface area contributed by atoms with Crippen LogP contribution in [0.25, 0.3) is 11.0 Å². The highest BCUT2D eigenvalue weighted by Gasteiger charge is 2.23. The number of piperidine rings is 1. The third-order valence-corrected chi connectivity index (χ3v) is 4.85. The maximum Gasteiger partial charge on any atom is 0.248 e. The summed E-state index contributed by atoms with van der Waals surface area (Å²) in [5.74, 6) is 0.618. The number of alkyl halides is 1. The largest absolute Gasteiger partial charge is 0.339 e. The molecule has 1 N–H and O–H groups in total. The predicted molar refractivity (Wildman–Crippen MR) is 108 cm³/mol. The van der Waals surface area contributed by atoms with Crippen LogP contribution in [0.2, 0.25) is 0 Å². The Hall–Kier alpha value is -2.41. The molecule has 2 heterocycles. The van der Waals surface area contributed by atoms with E-state index in [-0.39, 0.29) is 5.91 Å². The lowest BCUT2D eigenvalue weighted by molar-refractivity contribution is -0.111. The molecule has 0 aliphatic carbocycles. The molecule has 1 fully saturated rings. The van der Waals surface area contributed by atoms with E-state index in [2.05, 4.69) is 5.32 Å². The summed E-state index contributed by atoms with van der Waals surface area (Å²) in [5, 5.41) is 2.92. The van der Waals surface area contributed by atoms with Crippen molar-refractivity contribution in [2.24, 2.45) is 7.05 Å². The number of imidazole rings is 1. The Morgan fingerprint density at radius 1 is 1.44 bits per heavy atom. The predicted octanol–water partition coefficient (Wildman–Crippen LogP) is 2.88. The highest BCUT2D eigenvalue weighted by molar-refractivity contribution is 6.01. The fourth-order valence-corrected chi connectivity index (χ4v) is 3.40. The van der Waals surface area contributed by atoms with Gasteiger partial charge in [0.25, 0.3) is 0 Å². The quantitative estimate of drug-likeness (QED) is 0.819. The first-order valence-electron chi connectivity index (χ1n) is 9.33. The highest BCUT2D eigenvalue weighted by atomic mass is 19.1. The van der Waals surface area contributed by atoms with E-state index in [0.29, 0.717) is 19.5 Å². The van der Waals surface area contributed by atoms with Crippen LogP contribution in [0.1, 0.15) is 18.4 Å². The average Bonchev–Trinajstić information content (AvgIpc) is 2.91. The average molecular weight is 373 g/mol. The van der Waals surface area contributed by atoms with E-state index in [4.69, 9.17) is 4.98 Å². The lowest BCUT2D eigenvalue weighted by Gasteiger charge is -2.29. The number of fused-ring (bicyclic) bond motifs is 1. The van der Waals surface area contributed by atoms with Crippen molar-refractivity contribution in [3.05, 3.63) is 29.8 Å². The SMILES string of the molecule is Cc1cc2c(cc1NC(=O)/C=C/CN(C)C)nc(N1CCCC(F)C1)n2C. The minimum atomic E-state index is -0.802. The number of aromatic nitrogens is 2. The van der Waals surface area contributed by atoms with E-state index in [1.807, 2.05) is 60.6 Å². The third kappa shape index (κ3) is 4.47. The molecule has 1 atom stereocenters. The molecule has 0 spiro atoms. The summed E-state index contributed by atoms with van der Waals surface area (Å²) in [6.07, 6.45) is 4.03. The Morgan fingerprint density at radius 3 is 2.93 bits per heavy atom. The topological polar surface area (TPSA) is 53.4 Å². The maximum absolute atomic E-state index is 13.8. The molecule has 1 saturated heterocycles. The smallest absolute Gasteiger partial charge is 0.248 e. The number of nitrogens with zero attached hydrogens (tertiary/aromatic N) is 4. The minimum Gasteiger partial charge on any atom is -0.339 e. The van der Waals surface area contributed by atoms with Gasteiger partial charge in [-0.25, -0.2) is 9.37 Å². The summed E-state index contributed by atoms with van der Waals surface area (Å²) >= 11 is 0. The van der Waals surface area contributed by atoms with Crippen molar-refractivity contribution in [3.8, 4) is 0 Å². The van der Waals surface area contributed by atoms with Crippen molar-refractivity contribution < 1.29 is 9.18 Å². The van der Waals surface area contributed by atoms with Gasteiger partial charge in [-0.15, -0.1) is 0 Å². The van der Waals surface area contributed by atoms with Crippen LogP contribution in [0.5, 0.6) is 0 Å². The van der Waals surface area contributed by atoms with Gasteiger partial charge in [0.1, 0.15) is 6.17 Å². The number of hydrogen-bond donors (Lipinski definition) is 1. The summed E-state index contributed by atoms with van der Waals surface area (Å²) in [7, 11) is 5.85. The van der Waals surface area contributed by atoms with E-state index in [1.165, 1.54) is 0 Å². The molecule has 2 aromatic rings. The third-order valence-electron chi connectivity index (χ3n) is 4.85. The summed E-state index contributed by atoms with van der Waals surface area (Å²) in [6, 6.07) is 3.91. The van der Waals surface area contributed by atoms with E-state index in [0.717, 1.165) is 41.2 Å². The zero-order chi connectivity index (χ0) is 19.6. The molecule has 1 aliphatic heterocycles. The van der Waals surface area contributed by atoms with E-state index < -0.39 is 6.17 Å². The van der Waals surface area contributed by atoms with Crippen LogP contribution in [-0.4, -0.2) is 60.3 Å². The molecule has 27 heavy (non-hydrogen) atoms. The zero-order valence-electron chi connectivity index (χ0n) is 16.5. The van der Waals surface area contributed by atoms with Crippen molar-refractivity contribution in [1.29, 1.82) is 0 Å². The number of nitrogens with one attached hydrogen (secondary N) is 1. The van der Waals surface area contributed by atoms with E-state index >= 15 is 0 Å². The number of rotatable bonds is 5. The summed E-state index contributed by atoms with van der Waals surface area (Å²) < 4.78 is 15.8. The first-order valence-corrected chi connectivity index (χ1v) is 9.33. The van der Waals surface area contributed by atoms with E-state index in [1.54, 1.807) is 6.08 Å². The molecule has 1 amide bonds. The van der Waals surface area contributed by atoms with Gasteiger partial charge in [-0.1, -0.05) is 6.08 Å². The van der Waals surface area contributed by atoms with Crippen molar-refractivity contribution in [2.75, 3.05) is 43.9 Å². The van der Waals surface area contributed by atoms with Gasteiger partial charge in [0, 0.05) is 31.9 Å². The lowest BCUT2D eigenvalue weighted by Crippen LogP contribution is -2.37. The normalized spacial score (nSPS) is 18.0. The van der Waals surface area contributed by atoms with Crippen LogP contribution in [0.3, 0.4) is 0 Å². The number of likely N-dealkylation sites (N-methyl/N-ethyl adjacent to an activating group) is 1. The fourth-order valence-electron chi connectivity index (χ4n) is 3.40. The minimum absolute atomic E-state index is 0.160. The van der Waals surface area contributed by atoms with Crippen molar-refractivity contribution >= 4 is 28.6 Å². The van der Waals surface area contributed by atoms with Crippen molar-refractivity contribution in [3.63, 3.8) is 0 Å². The van der Waals surface area contributed by atoms with Gasteiger partial charge >= 0.3 is 0 Å². The molecular weight excluding hydrogens is 345 g/mol. The molecule has 0 saturated carbocycles. The molecule has 1 aliphatic rings. The van der Waals surface area contributed by atoms with Crippen molar-refractivity contribution in [2.45, 2.75) is 25.9 Å². The monoisotopic (exact) mass is 373 g/mol. The first-order chi connectivity index (χ1) is 12.8. The number of anilines is 2. The number of amides is 1. The standard InChI is InChI=1S/C20H28FN5O/c1-14-11-18-17(12-16(14)22-19(27)8-6-9-24(2)3)23-20(25(18)4)26-10-5-7-15(21)13-26/h6,8,11-12,15H,5,7,9-10,13H2,1-4H3,(H,22,27)/b8-6+. The van der Waals surface area contributed by atoms with Crippen LogP contribution in [0.4, 0.5) is 16.0 Å². The van der Waals surface area contributed by atoms with Gasteiger partial charge in [-0.3, -0.25) is 4.79 Å². The van der Waals surface area contributed by atoms with Crippen LogP contribution in [0, 0.1) is 6.92 Å². The van der Waals surface area contributed by atoms with Gasteiger partial charge in [-0.05, 0) is 51.6 Å². The second kappa shape index (κ2) is 8.08. The number of aryl methyl sites for hydroxylation is 2. The molecule has 1 aromatic carbocycles. The fraction of sp³-hybridized carbons (Fsp3) is 0.500. The van der Waals surface area contributed by atoms with Crippen molar-refractivity contribution in [1.82, 2.24) is 14.5 Å². The number of halogens is 1. The van der Waals surface area contributed by atoms with Crippen LogP contribution in [0.15, 0.2) is 24.3 Å². The molecule has 1 aromatic heterocycles. The summed E-state index contributed by atoms with van der Waals surface area (Å²) in [6.45, 7) is 3.87. The van der Waals surface area contributed by atoms with Crippen LogP contribution in [-0.2, 0) is 11.8 Å². The van der Waals surface area contributed by atoms with Gasteiger partial charge < -0.3 is 19.7 Å². The first kappa shape index (κ1) is 19.4. The molecule has 7 heteroatoms. The van der Waals surface area contributed by atoms with Gasteiger partial charge in [0.15, 0.2) is 0 Å². The van der Waals surface area contributed by atoms with Gasteiger partial charge in [-0.2, -0.15) is 0 Å². The van der Waals surface area contributed by atoms with Crippen LogP contribution >= 0.6 is 0 Å². The molecule has 0 bridgehead atoms. The second-order valence-electron chi connectivity index (χ2n) is 7.47. The Morgan fingerprint density at radius 2 is 2.22 bits per heavy atom. The molecule has 146 valence electrons. The Kier molecular flexibility index (Phi) is 5.79. The van der Waals surface area contributed by atoms with Crippen LogP contribution < -0.4 is 10.2 Å². The number of carbonyl (C=O) groups excluding carboxylic acids is 1. The Labute approximate surface area is 159 Å². The number of carbonyl (C=O) groups is 1.